The van der Waals surface area contributed by atoms with Crippen LogP contribution in [0.4, 0.5) is 18.9 Å². The summed E-state index contributed by atoms with van der Waals surface area (Å²) in [7, 11) is -2.35. The van der Waals surface area contributed by atoms with Gasteiger partial charge in [0.15, 0.2) is 0 Å². The molecule has 1 N–H and O–H groups in total. The van der Waals surface area contributed by atoms with E-state index in [2.05, 4.69) is 57.6 Å². The normalized spacial score (nSPS) is 11.8. The molecule has 0 aliphatic carbocycles. The molecule has 4 aromatic rings. The van der Waals surface area contributed by atoms with Crippen molar-refractivity contribution in [3.63, 3.8) is 0 Å². The maximum absolute atomic E-state index is 13.1. The SMILES string of the molecule is O=C(Nc1cc(Br)ccc1C[P+](c1ccccc1)(c1ccccc1)c1ccccc1)C(F)(F)F. The molecule has 0 aliphatic heterocycles. The van der Waals surface area contributed by atoms with E-state index >= 15 is 0 Å². The molecule has 34 heavy (non-hydrogen) atoms. The quantitative estimate of drug-likeness (QED) is 0.279. The monoisotopic (exact) mass is 542 g/mol. The average molecular weight is 543 g/mol. The van der Waals surface area contributed by atoms with Gasteiger partial charge in [0.2, 0.25) is 0 Å². The van der Waals surface area contributed by atoms with Crippen LogP contribution < -0.4 is 21.2 Å². The summed E-state index contributed by atoms with van der Waals surface area (Å²) in [4.78, 5) is 11.8. The van der Waals surface area contributed by atoms with E-state index in [1.807, 2.05) is 54.6 Å². The second-order valence-corrected chi connectivity index (χ2v) is 12.1. The van der Waals surface area contributed by atoms with Gasteiger partial charge in [-0.05, 0) is 48.5 Å². The fraction of sp³-hybridized carbons (Fsp3) is 0.0741. The second kappa shape index (κ2) is 10.1. The van der Waals surface area contributed by atoms with E-state index in [9.17, 15) is 18.0 Å². The van der Waals surface area contributed by atoms with Gasteiger partial charge in [0.05, 0.1) is 0 Å². The van der Waals surface area contributed by atoms with Gasteiger partial charge in [0, 0.05) is 15.7 Å². The van der Waals surface area contributed by atoms with E-state index in [-0.39, 0.29) is 5.69 Å². The second-order valence-electron chi connectivity index (χ2n) is 7.73. The van der Waals surface area contributed by atoms with Crippen molar-refractivity contribution >= 4 is 50.7 Å². The third-order valence-electron chi connectivity index (χ3n) is 5.58. The number of nitrogens with one attached hydrogen (secondary N) is 1. The largest absolute Gasteiger partial charge is 0.471 e. The van der Waals surface area contributed by atoms with Gasteiger partial charge in [-0.3, -0.25) is 4.79 Å². The summed E-state index contributed by atoms with van der Waals surface area (Å²) in [5.74, 6) is -1.99. The van der Waals surface area contributed by atoms with Crippen LogP contribution in [-0.2, 0) is 11.0 Å². The molecular weight excluding hydrogens is 522 g/mol. The van der Waals surface area contributed by atoms with E-state index in [1.54, 1.807) is 12.1 Å². The third-order valence-corrected chi connectivity index (χ3v) is 10.4. The molecule has 0 aliphatic rings. The smallest absolute Gasteiger partial charge is 0.318 e. The van der Waals surface area contributed by atoms with Crippen LogP contribution in [0.5, 0.6) is 0 Å². The number of carbonyl (C=O) groups is 1. The zero-order valence-electron chi connectivity index (χ0n) is 18.0. The summed E-state index contributed by atoms with van der Waals surface area (Å²) in [5, 5.41) is 5.39. The Kier molecular flexibility index (Phi) is 7.20. The zero-order valence-corrected chi connectivity index (χ0v) is 20.4. The molecule has 172 valence electrons. The molecule has 0 fully saturated rings. The first-order chi connectivity index (χ1) is 16.3. The Hall–Kier alpha value is -2.95. The molecule has 0 heterocycles. The van der Waals surface area contributed by atoms with Crippen LogP contribution in [0.2, 0.25) is 0 Å². The molecule has 0 aromatic heterocycles. The molecule has 2 nitrogen and oxygen atoms in total. The van der Waals surface area contributed by atoms with Crippen molar-refractivity contribution in [1.82, 2.24) is 0 Å². The first-order valence-corrected chi connectivity index (χ1v) is 13.3. The summed E-state index contributed by atoms with van der Waals surface area (Å²) >= 11 is 3.33. The van der Waals surface area contributed by atoms with E-state index in [0.717, 1.165) is 15.9 Å². The number of alkyl halides is 3. The number of hydrogen-bond acceptors (Lipinski definition) is 1. The molecule has 7 heteroatoms. The van der Waals surface area contributed by atoms with Crippen LogP contribution in [0.3, 0.4) is 0 Å². The van der Waals surface area contributed by atoms with E-state index < -0.39 is 19.3 Å². The van der Waals surface area contributed by atoms with Gasteiger partial charge in [-0.25, -0.2) is 0 Å². The number of amides is 1. The van der Waals surface area contributed by atoms with Gasteiger partial charge < -0.3 is 5.32 Å². The fourth-order valence-electron chi connectivity index (χ4n) is 4.02. The zero-order chi connectivity index (χ0) is 24.2. The first-order valence-electron chi connectivity index (χ1n) is 10.5. The van der Waals surface area contributed by atoms with Gasteiger partial charge in [-0.15, -0.1) is 0 Å². The lowest BCUT2D eigenvalue weighted by Crippen LogP contribution is -2.33. The lowest BCUT2D eigenvalue weighted by atomic mass is 10.2. The van der Waals surface area contributed by atoms with Crippen molar-refractivity contribution in [1.29, 1.82) is 0 Å². The van der Waals surface area contributed by atoms with Crippen LogP contribution >= 0.6 is 23.2 Å². The number of carbonyl (C=O) groups excluding carboxylic acids is 1. The van der Waals surface area contributed by atoms with Crippen molar-refractivity contribution in [3.8, 4) is 0 Å². The van der Waals surface area contributed by atoms with Gasteiger partial charge in [0.1, 0.15) is 29.3 Å². The van der Waals surface area contributed by atoms with Crippen LogP contribution in [-0.4, -0.2) is 12.1 Å². The molecule has 0 radical (unpaired) electrons. The summed E-state index contributed by atoms with van der Waals surface area (Å²) in [6.45, 7) is 0. The molecule has 4 rings (SSSR count). The molecular formula is C27H21BrF3NOP+. The van der Waals surface area contributed by atoms with Gasteiger partial charge >= 0.3 is 12.1 Å². The number of hydrogen-bond donors (Lipinski definition) is 1. The highest BCUT2D eigenvalue weighted by molar-refractivity contribution is 9.10. The van der Waals surface area contributed by atoms with Crippen molar-refractivity contribution in [2.24, 2.45) is 0 Å². The van der Waals surface area contributed by atoms with Crippen LogP contribution in [0.15, 0.2) is 114 Å². The number of anilines is 1. The van der Waals surface area contributed by atoms with Crippen LogP contribution in [0.1, 0.15) is 5.56 Å². The van der Waals surface area contributed by atoms with E-state index in [0.29, 0.717) is 16.2 Å². The van der Waals surface area contributed by atoms with Gasteiger partial charge in [-0.2, -0.15) is 13.2 Å². The molecule has 0 unspecified atom stereocenters. The lowest BCUT2D eigenvalue weighted by molar-refractivity contribution is -0.167. The third kappa shape index (κ3) is 5.08. The number of rotatable bonds is 6. The molecule has 1 amide bonds. The Balaban J connectivity index is 1.94. The molecule has 0 atom stereocenters. The van der Waals surface area contributed by atoms with E-state index in [1.165, 1.54) is 6.07 Å². The summed E-state index contributed by atoms with van der Waals surface area (Å²) < 4.78 is 39.8. The molecule has 0 bridgehead atoms. The molecule has 0 spiro atoms. The Bertz CT molecular complexity index is 1170. The van der Waals surface area contributed by atoms with Crippen molar-refractivity contribution < 1.29 is 18.0 Å². The summed E-state index contributed by atoms with van der Waals surface area (Å²) in [5.41, 5.74) is 0.773. The predicted molar refractivity (Wildman–Crippen MR) is 138 cm³/mol. The Morgan fingerprint density at radius 2 is 1.18 bits per heavy atom. The maximum Gasteiger partial charge on any atom is 0.471 e. The van der Waals surface area contributed by atoms with E-state index in [4.69, 9.17) is 0 Å². The van der Waals surface area contributed by atoms with Crippen molar-refractivity contribution in [2.45, 2.75) is 12.3 Å². The molecule has 0 saturated heterocycles. The summed E-state index contributed by atoms with van der Waals surface area (Å²) in [6, 6.07) is 35.2. The van der Waals surface area contributed by atoms with Gasteiger partial charge in [-0.1, -0.05) is 76.6 Å². The Labute approximate surface area is 205 Å². The first kappa shape index (κ1) is 24.2. The maximum atomic E-state index is 13.1. The molecule has 0 saturated carbocycles. The van der Waals surface area contributed by atoms with Crippen molar-refractivity contribution in [2.75, 3.05) is 5.32 Å². The highest BCUT2D eigenvalue weighted by atomic mass is 79.9. The topological polar surface area (TPSA) is 29.1 Å². The predicted octanol–water partition coefficient (Wildman–Crippen LogP) is 6.44. The minimum Gasteiger partial charge on any atom is -0.318 e. The standard InChI is InChI=1S/C27H20BrF3NOP/c28-21-17-16-20(25(18-21)32-26(33)27(29,30)31)19-34(22-10-4-1-5-11-22,23-12-6-2-7-13-23)24-14-8-3-9-15-24/h1-18H,19H2/p+1. The minimum absolute atomic E-state index is 0.142. The number of benzene rings is 4. The highest BCUT2D eigenvalue weighted by Crippen LogP contribution is 2.58. The number of halogens is 4. The van der Waals surface area contributed by atoms with Crippen LogP contribution in [0, 0.1) is 0 Å². The fourth-order valence-corrected chi connectivity index (χ4v) is 8.65. The summed E-state index contributed by atoms with van der Waals surface area (Å²) in [6.07, 6.45) is -4.55. The van der Waals surface area contributed by atoms with Gasteiger partial charge in [0.25, 0.3) is 0 Å². The molecule has 4 aromatic carbocycles. The highest BCUT2D eigenvalue weighted by Gasteiger charge is 2.46. The Morgan fingerprint density at radius 3 is 1.59 bits per heavy atom. The van der Waals surface area contributed by atoms with Crippen LogP contribution in [0.25, 0.3) is 0 Å². The van der Waals surface area contributed by atoms with Crippen molar-refractivity contribution in [3.05, 3.63) is 119 Å². The average Bonchev–Trinajstić information content (AvgIpc) is 2.85. The minimum atomic E-state index is -4.98. The Morgan fingerprint density at radius 1 is 0.735 bits per heavy atom. The lowest BCUT2D eigenvalue weighted by Gasteiger charge is -2.28.